The Kier molecular flexibility index (Phi) is 4.67. The third kappa shape index (κ3) is 2.70. The molecule has 90 valence electrons. The van der Waals surface area contributed by atoms with E-state index in [2.05, 4.69) is 6.58 Å². The quantitative estimate of drug-likeness (QED) is 0.788. The minimum Gasteiger partial charge on any atom is -0.391 e. The van der Waals surface area contributed by atoms with Gasteiger partial charge in [-0.2, -0.15) is 4.31 Å². The van der Waals surface area contributed by atoms with Crippen LogP contribution in [0.2, 0.25) is 0 Å². The lowest BCUT2D eigenvalue weighted by Gasteiger charge is -2.17. The highest BCUT2D eigenvalue weighted by Gasteiger charge is 2.23. The fourth-order valence-corrected chi connectivity index (χ4v) is 4.04. The van der Waals surface area contributed by atoms with E-state index in [-0.39, 0.29) is 10.8 Å². The molecule has 0 saturated heterocycles. The third-order valence-corrected chi connectivity index (χ3v) is 5.55. The molecule has 6 heteroatoms. The van der Waals surface area contributed by atoms with Crippen LogP contribution in [0.25, 0.3) is 0 Å². The van der Waals surface area contributed by atoms with Gasteiger partial charge >= 0.3 is 0 Å². The molecule has 1 heterocycles. The molecule has 0 unspecified atom stereocenters. The number of thiophene rings is 1. The van der Waals surface area contributed by atoms with Gasteiger partial charge in [0, 0.05) is 18.0 Å². The maximum Gasteiger partial charge on any atom is 0.252 e. The highest BCUT2D eigenvalue weighted by atomic mass is 32.2. The van der Waals surface area contributed by atoms with Gasteiger partial charge in [-0.1, -0.05) is 13.0 Å². The molecule has 0 atom stereocenters. The lowest BCUT2D eigenvalue weighted by molar-refractivity contribution is 0.285. The van der Waals surface area contributed by atoms with E-state index in [0.29, 0.717) is 18.0 Å². The van der Waals surface area contributed by atoms with Crippen LogP contribution in [0.1, 0.15) is 11.8 Å². The highest BCUT2D eigenvalue weighted by Crippen LogP contribution is 2.24. The van der Waals surface area contributed by atoms with Gasteiger partial charge in [-0.15, -0.1) is 17.9 Å². The fraction of sp³-hybridized carbons (Fsp3) is 0.400. The van der Waals surface area contributed by atoms with Crippen molar-refractivity contribution in [3.8, 4) is 0 Å². The first-order valence-electron chi connectivity index (χ1n) is 4.86. The molecule has 0 radical (unpaired) electrons. The number of likely N-dealkylation sites (N-methyl/N-ethyl adjacent to an activating group) is 1. The molecule has 0 bridgehead atoms. The number of nitrogens with zero attached hydrogens (tertiary/aromatic N) is 1. The van der Waals surface area contributed by atoms with E-state index in [9.17, 15) is 8.42 Å². The minimum atomic E-state index is -3.43. The Bertz CT molecular complexity index is 450. The van der Waals surface area contributed by atoms with E-state index in [4.69, 9.17) is 5.11 Å². The Morgan fingerprint density at radius 3 is 2.69 bits per heavy atom. The zero-order valence-electron chi connectivity index (χ0n) is 9.09. The molecular formula is C10H15NO3S2. The van der Waals surface area contributed by atoms with Crippen LogP contribution in [0, 0.1) is 0 Å². The van der Waals surface area contributed by atoms with E-state index >= 15 is 0 Å². The van der Waals surface area contributed by atoms with Gasteiger partial charge < -0.3 is 5.11 Å². The molecule has 4 nitrogen and oxygen atoms in total. The predicted octanol–water partition coefficient (Wildman–Crippen LogP) is 1.44. The summed E-state index contributed by atoms with van der Waals surface area (Å²) in [4.78, 5) is 0.647. The molecule has 0 spiro atoms. The fourth-order valence-electron chi connectivity index (χ4n) is 1.25. The molecule has 16 heavy (non-hydrogen) atoms. The summed E-state index contributed by atoms with van der Waals surface area (Å²) in [7, 11) is -3.43. The summed E-state index contributed by atoms with van der Waals surface area (Å²) in [5.41, 5.74) is 0. The molecule has 0 saturated carbocycles. The van der Waals surface area contributed by atoms with Crippen molar-refractivity contribution in [1.82, 2.24) is 4.31 Å². The summed E-state index contributed by atoms with van der Waals surface area (Å²) in [6, 6.07) is 3.15. The highest BCUT2D eigenvalue weighted by molar-refractivity contribution is 7.91. The lowest BCUT2D eigenvalue weighted by Crippen LogP contribution is -2.30. The number of rotatable bonds is 6. The van der Waals surface area contributed by atoms with Gasteiger partial charge in [-0.05, 0) is 12.1 Å². The number of aliphatic hydroxyl groups is 1. The maximum absolute atomic E-state index is 12.1. The lowest BCUT2D eigenvalue weighted by atomic mass is 10.5. The predicted molar refractivity (Wildman–Crippen MR) is 64.9 cm³/mol. The van der Waals surface area contributed by atoms with Crippen LogP contribution in [-0.2, 0) is 16.6 Å². The van der Waals surface area contributed by atoms with Crippen molar-refractivity contribution >= 4 is 21.4 Å². The van der Waals surface area contributed by atoms with Gasteiger partial charge in [0.2, 0.25) is 0 Å². The van der Waals surface area contributed by atoms with E-state index in [1.54, 1.807) is 19.1 Å². The second kappa shape index (κ2) is 5.58. The average Bonchev–Trinajstić information content (AvgIpc) is 2.74. The molecule has 1 rings (SSSR count). The zero-order chi connectivity index (χ0) is 12.2. The second-order valence-corrected chi connectivity index (χ2v) is 6.46. The van der Waals surface area contributed by atoms with Gasteiger partial charge in [0.1, 0.15) is 4.21 Å². The molecule has 1 aromatic rings. The molecule has 0 amide bonds. The first-order chi connectivity index (χ1) is 7.56. The van der Waals surface area contributed by atoms with Crippen molar-refractivity contribution in [1.29, 1.82) is 0 Å². The van der Waals surface area contributed by atoms with Gasteiger partial charge in [0.15, 0.2) is 0 Å². The van der Waals surface area contributed by atoms with E-state index in [0.717, 1.165) is 11.3 Å². The van der Waals surface area contributed by atoms with Crippen LogP contribution in [0.15, 0.2) is 29.0 Å². The number of aliphatic hydroxyl groups excluding tert-OH is 1. The molecule has 0 aliphatic rings. The molecule has 0 aliphatic heterocycles. The standard InChI is InChI=1S/C10H15NO3S2/c1-3-7-11(4-2)16(13,14)10-6-5-9(8-12)15-10/h3,5-6,12H,1,4,7-8H2,2H3. The van der Waals surface area contributed by atoms with Crippen LogP contribution in [0.5, 0.6) is 0 Å². The first kappa shape index (κ1) is 13.4. The van der Waals surface area contributed by atoms with Gasteiger partial charge in [0.05, 0.1) is 6.61 Å². The van der Waals surface area contributed by atoms with Crippen molar-refractivity contribution in [2.45, 2.75) is 17.7 Å². The number of sulfonamides is 1. The summed E-state index contributed by atoms with van der Waals surface area (Å²) in [5.74, 6) is 0. The van der Waals surface area contributed by atoms with Crippen molar-refractivity contribution in [3.05, 3.63) is 29.7 Å². The smallest absolute Gasteiger partial charge is 0.252 e. The Labute approximate surface area is 99.9 Å². The third-order valence-electron chi connectivity index (χ3n) is 2.07. The van der Waals surface area contributed by atoms with Gasteiger partial charge in [0.25, 0.3) is 10.0 Å². The van der Waals surface area contributed by atoms with Crippen LogP contribution < -0.4 is 0 Å². The Morgan fingerprint density at radius 1 is 1.56 bits per heavy atom. The van der Waals surface area contributed by atoms with E-state index in [1.807, 2.05) is 0 Å². The zero-order valence-corrected chi connectivity index (χ0v) is 10.7. The van der Waals surface area contributed by atoms with Crippen LogP contribution in [0.3, 0.4) is 0 Å². The van der Waals surface area contributed by atoms with E-state index in [1.165, 1.54) is 10.4 Å². The Morgan fingerprint density at radius 2 is 2.25 bits per heavy atom. The van der Waals surface area contributed by atoms with E-state index < -0.39 is 10.0 Å². The normalized spacial score (nSPS) is 11.9. The average molecular weight is 261 g/mol. The van der Waals surface area contributed by atoms with Crippen molar-refractivity contribution < 1.29 is 13.5 Å². The molecule has 0 aliphatic carbocycles. The molecule has 0 fully saturated rings. The largest absolute Gasteiger partial charge is 0.391 e. The van der Waals surface area contributed by atoms with Gasteiger partial charge in [-0.3, -0.25) is 0 Å². The Balaban J connectivity index is 3.04. The minimum absolute atomic E-state index is 0.131. The van der Waals surface area contributed by atoms with Crippen LogP contribution in [-0.4, -0.2) is 30.9 Å². The maximum atomic E-state index is 12.1. The molecule has 0 aromatic carbocycles. The van der Waals surface area contributed by atoms with Gasteiger partial charge in [-0.25, -0.2) is 8.42 Å². The van der Waals surface area contributed by atoms with Crippen LogP contribution in [0.4, 0.5) is 0 Å². The monoisotopic (exact) mass is 261 g/mol. The Hall–Kier alpha value is -0.690. The summed E-state index contributed by atoms with van der Waals surface area (Å²) >= 11 is 1.10. The topological polar surface area (TPSA) is 57.6 Å². The summed E-state index contributed by atoms with van der Waals surface area (Å²) in [6.45, 7) is 5.88. The summed E-state index contributed by atoms with van der Waals surface area (Å²) < 4.78 is 25.8. The summed E-state index contributed by atoms with van der Waals surface area (Å²) in [5, 5.41) is 8.90. The first-order valence-corrected chi connectivity index (χ1v) is 7.12. The summed E-state index contributed by atoms with van der Waals surface area (Å²) in [6.07, 6.45) is 1.56. The van der Waals surface area contributed by atoms with Crippen molar-refractivity contribution in [2.24, 2.45) is 0 Å². The number of hydrogen-bond donors (Lipinski definition) is 1. The van der Waals surface area contributed by atoms with Crippen molar-refractivity contribution in [3.63, 3.8) is 0 Å². The SMILES string of the molecule is C=CCN(CC)S(=O)(=O)c1ccc(CO)s1. The molecule has 1 N–H and O–H groups in total. The second-order valence-electron chi connectivity index (χ2n) is 3.12. The molecule has 1 aromatic heterocycles. The number of hydrogen-bond acceptors (Lipinski definition) is 4. The van der Waals surface area contributed by atoms with Crippen molar-refractivity contribution in [2.75, 3.05) is 13.1 Å². The molecular weight excluding hydrogens is 246 g/mol. The van der Waals surface area contributed by atoms with Crippen LogP contribution >= 0.6 is 11.3 Å².